The minimum atomic E-state index is -0.00676. The van der Waals surface area contributed by atoms with Crippen molar-refractivity contribution in [3.8, 4) is 0 Å². The number of likely N-dealkylation sites (N-methyl/N-ethyl adjacent to an activating group) is 1. The molecule has 0 fully saturated rings. The second-order valence-corrected chi connectivity index (χ2v) is 5.16. The topological polar surface area (TPSA) is 55.6 Å². The molecule has 0 unspecified atom stereocenters. The fourth-order valence-corrected chi connectivity index (χ4v) is 2.29. The van der Waals surface area contributed by atoms with E-state index in [2.05, 4.69) is 15.9 Å². The van der Waals surface area contributed by atoms with Gasteiger partial charge in [-0.15, -0.1) is 0 Å². The van der Waals surface area contributed by atoms with Gasteiger partial charge in [0.2, 0.25) is 0 Å². The summed E-state index contributed by atoms with van der Waals surface area (Å²) in [4.78, 5) is 14.3. The van der Waals surface area contributed by atoms with E-state index >= 15 is 0 Å². The molecule has 0 aliphatic heterocycles. The lowest BCUT2D eigenvalue weighted by Crippen LogP contribution is -2.34. The van der Waals surface area contributed by atoms with E-state index < -0.39 is 0 Å². The molecule has 1 aromatic rings. The van der Waals surface area contributed by atoms with Crippen LogP contribution in [-0.4, -0.2) is 37.1 Å². The highest BCUT2D eigenvalue weighted by atomic mass is 79.9. The SMILES string of the molecule is CCOCCN(CC)C(=O)c1cc(Br)cc(N)c1C. The molecule has 0 radical (unpaired) electrons. The summed E-state index contributed by atoms with van der Waals surface area (Å²) < 4.78 is 6.12. The van der Waals surface area contributed by atoms with Gasteiger partial charge in [-0.2, -0.15) is 0 Å². The average molecular weight is 329 g/mol. The number of hydrogen-bond donors (Lipinski definition) is 1. The standard InChI is InChI=1S/C14H21BrN2O2/c1-4-17(6-7-19-5-2)14(18)12-8-11(15)9-13(16)10(12)3/h8-9H,4-7,16H2,1-3H3. The number of nitrogen functional groups attached to an aromatic ring is 1. The van der Waals surface area contributed by atoms with Crippen molar-refractivity contribution in [2.45, 2.75) is 20.8 Å². The molecular formula is C14H21BrN2O2. The number of halogens is 1. The Labute approximate surface area is 123 Å². The molecule has 19 heavy (non-hydrogen) atoms. The molecule has 5 heteroatoms. The number of amides is 1. The van der Waals surface area contributed by atoms with Crippen molar-refractivity contribution in [2.24, 2.45) is 0 Å². The third-order valence-electron chi connectivity index (χ3n) is 3.02. The highest BCUT2D eigenvalue weighted by Gasteiger charge is 2.17. The smallest absolute Gasteiger partial charge is 0.254 e. The first kappa shape index (κ1) is 16.0. The Morgan fingerprint density at radius 2 is 2.11 bits per heavy atom. The molecule has 0 heterocycles. The van der Waals surface area contributed by atoms with Gasteiger partial charge in [0.1, 0.15) is 0 Å². The van der Waals surface area contributed by atoms with Crippen LogP contribution in [-0.2, 0) is 4.74 Å². The number of benzene rings is 1. The summed E-state index contributed by atoms with van der Waals surface area (Å²) in [5.41, 5.74) is 7.99. The van der Waals surface area contributed by atoms with Gasteiger partial charge in [0, 0.05) is 35.4 Å². The van der Waals surface area contributed by atoms with Crippen molar-refractivity contribution in [3.05, 3.63) is 27.7 Å². The molecule has 4 nitrogen and oxygen atoms in total. The van der Waals surface area contributed by atoms with Crippen molar-refractivity contribution in [1.82, 2.24) is 4.90 Å². The molecule has 1 amide bonds. The van der Waals surface area contributed by atoms with Crippen LogP contribution in [0, 0.1) is 6.92 Å². The molecule has 1 aromatic carbocycles. The maximum Gasteiger partial charge on any atom is 0.254 e. The van der Waals surface area contributed by atoms with Gasteiger partial charge >= 0.3 is 0 Å². The van der Waals surface area contributed by atoms with E-state index in [1.54, 1.807) is 4.90 Å². The van der Waals surface area contributed by atoms with Crippen molar-refractivity contribution < 1.29 is 9.53 Å². The Hall–Kier alpha value is -1.07. The molecule has 106 valence electrons. The van der Waals surface area contributed by atoms with Crippen LogP contribution in [0.3, 0.4) is 0 Å². The highest BCUT2D eigenvalue weighted by molar-refractivity contribution is 9.10. The zero-order chi connectivity index (χ0) is 14.4. The Morgan fingerprint density at radius 1 is 1.42 bits per heavy atom. The van der Waals surface area contributed by atoms with E-state index in [1.807, 2.05) is 32.9 Å². The van der Waals surface area contributed by atoms with Gasteiger partial charge in [-0.25, -0.2) is 0 Å². The molecule has 0 spiro atoms. The van der Waals surface area contributed by atoms with Crippen LogP contribution in [0.25, 0.3) is 0 Å². The van der Waals surface area contributed by atoms with Crippen LogP contribution in [0.15, 0.2) is 16.6 Å². The zero-order valence-electron chi connectivity index (χ0n) is 11.7. The molecule has 0 aliphatic rings. The van der Waals surface area contributed by atoms with E-state index in [-0.39, 0.29) is 5.91 Å². The van der Waals surface area contributed by atoms with E-state index in [9.17, 15) is 4.79 Å². The number of anilines is 1. The fraction of sp³-hybridized carbons (Fsp3) is 0.500. The van der Waals surface area contributed by atoms with Crippen LogP contribution >= 0.6 is 15.9 Å². The second-order valence-electron chi connectivity index (χ2n) is 4.25. The minimum Gasteiger partial charge on any atom is -0.398 e. The molecule has 1 rings (SSSR count). The van der Waals surface area contributed by atoms with Gasteiger partial charge in [-0.3, -0.25) is 4.79 Å². The molecule has 2 N–H and O–H groups in total. The van der Waals surface area contributed by atoms with Crippen LogP contribution < -0.4 is 5.73 Å². The fourth-order valence-electron chi connectivity index (χ4n) is 1.81. The second kappa shape index (κ2) is 7.50. The lowest BCUT2D eigenvalue weighted by molar-refractivity contribution is 0.0668. The summed E-state index contributed by atoms with van der Waals surface area (Å²) >= 11 is 3.37. The third kappa shape index (κ3) is 4.21. The first-order valence-corrected chi connectivity index (χ1v) is 7.23. The van der Waals surface area contributed by atoms with Crippen molar-refractivity contribution in [2.75, 3.05) is 32.0 Å². The molecule has 0 atom stereocenters. The number of ether oxygens (including phenoxy) is 1. The third-order valence-corrected chi connectivity index (χ3v) is 3.48. The molecule has 0 aromatic heterocycles. The predicted molar refractivity (Wildman–Crippen MR) is 81.4 cm³/mol. The summed E-state index contributed by atoms with van der Waals surface area (Å²) in [5, 5.41) is 0. The normalized spacial score (nSPS) is 10.5. The largest absolute Gasteiger partial charge is 0.398 e. The summed E-state index contributed by atoms with van der Waals surface area (Å²) in [6.07, 6.45) is 0. The monoisotopic (exact) mass is 328 g/mol. The Balaban J connectivity index is 2.91. The highest BCUT2D eigenvalue weighted by Crippen LogP contribution is 2.23. The predicted octanol–water partition coefficient (Wildman–Crippen LogP) is 2.84. The number of hydrogen-bond acceptors (Lipinski definition) is 3. The number of rotatable bonds is 6. The van der Waals surface area contributed by atoms with E-state index in [0.717, 1.165) is 10.0 Å². The summed E-state index contributed by atoms with van der Waals surface area (Å²) in [7, 11) is 0. The quantitative estimate of drug-likeness (QED) is 0.645. The van der Waals surface area contributed by atoms with Crippen LogP contribution in [0.2, 0.25) is 0 Å². The first-order chi connectivity index (χ1) is 9.01. The molecule has 0 bridgehead atoms. The lowest BCUT2D eigenvalue weighted by Gasteiger charge is -2.22. The molecule has 0 saturated heterocycles. The van der Waals surface area contributed by atoms with Crippen LogP contribution in [0.5, 0.6) is 0 Å². The van der Waals surface area contributed by atoms with Gasteiger partial charge in [0.15, 0.2) is 0 Å². The number of nitrogens with two attached hydrogens (primary N) is 1. The summed E-state index contributed by atoms with van der Waals surface area (Å²) in [5.74, 6) is -0.00676. The van der Waals surface area contributed by atoms with Crippen LogP contribution in [0.1, 0.15) is 29.8 Å². The van der Waals surface area contributed by atoms with Gasteiger partial charge in [-0.1, -0.05) is 15.9 Å². The lowest BCUT2D eigenvalue weighted by atomic mass is 10.1. The maximum atomic E-state index is 12.5. The maximum absolute atomic E-state index is 12.5. The average Bonchev–Trinajstić information content (AvgIpc) is 2.38. The van der Waals surface area contributed by atoms with E-state index in [1.165, 1.54) is 0 Å². The van der Waals surface area contributed by atoms with Gasteiger partial charge < -0.3 is 15.4 Å². The minimum absolute atomic E-state index is 0.00676. The zero-order valence-corrected chi connectivity index (χ0v) is 13.3. The van der Waals surface area contributed by atoms with E-state index in [4.69, 9.17) is 10.5 Å². The Bertz CT molecular complexity index is 449. The van der Waals surface area contributed by atoms with Crippen molar-refractivity contribution in [1.29, 1.82) is 0 Å². The Kier molecular flexibility index (Phi) is 6.31. The molecule has 0 saturated carbocycles. The molecule has 0 aliphatic carbocycles. The Morgan fingerprint density at radius 3 is 2.68 bits per heavy atom. The van der Waals surface area contributed by atoms with Gasteiger partial charge in [0.25, 0.3) is 5.91 Å². The number of nitrogens with zero attached hydrogens (tertiary/aromatic N) is 1. The van der Waals surface area contributed by atoms with Gasteiger partial charge in [-0.05, 0) is 38.5 Å². The van der Waals surface area contributed by atoms with Crippen LogP contribution in [0.4, 0.5) is 5.69 Å². The number of carbonyl (C=O) groups is 1. The van der Waals surface area contributed by atoms with Crippen molar-refractivity contribution in [3.63, 3.8) is 0 Å². The molecular weight excluding hydrogens is 308 g/mol. The number of carbonyl (C=O) groups excluding carboxylic acids is 1. The summed E-state index contributed by atoms with van der Waals surface area (Å²) in [6, 6.07) is 3.62. The summed E-state index contributed by atoms with van der Waals surface area (Å²) in [6.45, 7) is 8.23. The van der Waals surface area contributed by atoms with Crippen molar-refractivity contribution >= 4 is 27.5 Å². The van der Waals surface area contributed by atoms with E-state index in [0.29, 0.717) is 37.6 Å². The first-order valence-electron chi connectivity index (χ1n) is 6.43. The van der Waals surface area contributed by atoms with Gasteiger partial charge in [0.05, 0.1) is 6.61 Å².